The van der Waals surface area contributed by atoms with Crippen LogP contribution in [0.25, 0.3) is 0 Å². The molecule has 2 aromatic carbocycles. The highest BCUT2D eigenvalue weighted by molar-refractivity contribution is 7.89. The normalized spacial score (nSPS) is 15.6. The van der Waals surface area contributed by atoms with Gasteiger partial charge in [0.25, 0.3) is 5.91 Å². The topological polar surface area (TPSA) is 102 Å². The summed E-state index contributed by atoms with van der Waals surface area (Å²) in [5.74, 6) is -1.33. The van der Waals surface area contributed by atoms with Gasteiger partial charge in [0.1, 0.15) is 0 Å². The van der Waals surface area contributed by atoms with Gasteiger partial charge in [-0.25, -0.2) is 13.2 Å². The second-order valence-electron chi connectivity index (χ2n) is 7.55. The summed E-state index contributed by atoms with van der Waals surface area (Å²) in [6.07, 6.45) is 1.59. The highest BCUT2D eigenvalue weighted by Crippen LogP contribution is 2.24. The minimum absolute atomic E-state index is 0.0366. The molecule has 1 fully saturated rings. The summed E-state index contributed by atoms with van der Waals surface area (Å²) in [4.78, 5) is 24.9. The number of amides is 1. The van der Waals surface area contributed by atoms with Crippen LogP contribution in [0.15, 0.2) is 53.4 Å². The van der Waals surface area contributed by atoms with Crippen molar-refractivity contribution in [1.82, 2.24) is 9.62 Å². The third kappa shape index (κ3) is 6.54. The molecule has 178 valence electrons. The van der Waals surface area contributed by atoms with E-state index in [1.165, 1.54) is 22.5 Å². The Balaban J connectivity index is 1.66. The molecule has 0 radical (unpaired) electrons. The second kappa shape index (κ2) is 11.6. The molecule has 1 atom stereocenters. The van der Waals surface area contributed by atoms with E-state index in [0.717, 1.165) is 18.4 Å². The number of rotatable bonds is 9. The lowest BCUT2D eigenvalue weighted by Gasteiger charge is -2.26. The Morgan fingerprint density at radius 3 is 2.52 bits per heavy atom. The van der Waals surface area contributed by atoms with Gasteiger partial charge < -0.3 is 14.8 Å². The van der Waals surface area contributed by atoms with E-state index in [0.29, 0.717) is 13.2 Å². The molecule has 1 aliphatic heterocycles. The van der Waals surface area contributed by atoms with Crippen LogP contribution in [0.2, 0.25) is 5.02 Å². The number of halogens is 1. The molecule has 3 rings (SSSR count). The molecule has 0 aromatic heterocycles. The smallest absolute Gasteiger partial charge is 0.340 e. The highest BCUT2D eigenvalue weighted by Gasteiger charge is 2.28. The first-order chi connectivity index (χ1) is 15.8. The van der Waals surface area contributed by atoms with Crippen molar-refractivity contribution in [3.05, 3.63) is 64.7 Å². The summed E-state index contributed by atoms with van der Waals surface area (Å²) in [5.41, 5.74) is 0.843. The van der Waals surface area contributed by atoms with Crippen molar-refractivity contribution in [2.75, 3.05) is 32.9 Å². The third-order valence-electron chi connectivity index (χ3n) is 5.21. The Kier molecular flexibility index (Phi) is 8.85. The summed E-state index contributed by atoms with van der Waals surface area (Å²) < 4.78 is 37.4. The lowest BCUT2D eigenvalue weighted by molar-refractivity contribution is -0.125. The zero-order valence-electron chi connectivity index (χ0n) is 18.3. The molecule has 8 nitrogen and oxygen atoms in total. The maximum Gasteiger partial charge on any atom is 0.340 e. The van der Waals surface area contributed by atoms with E-state index in [-0.39, 0.29) is 34.6 Å². The van der Waals surface area contributed by atoms with Crippen molar-refractivity contribution in [3.63, 3.8) is 0 Å². The van der Waals surface area contributed by atoms with Gasteiger partial charge in [-0.15, -0.1) is 0 Å². The number of benzene rings is 2. The quantitative estimate of drug-likeness (QED) is 0.537. The molecule has 1 heterocycles. The van der Waals surface area contributed by atoms with Crippen molar-refractivity contribution in [2.45, 2.75) is 30.7 Å². The van der Waals surface area contributed by atoms with Gasteiger partial charge in [0.15, 0.2) is 6.61 Å². The molecule has 0 saturated carbocycles. The summed E-state index contributed by atoms with van der Waals surface area (Å²) in [6, 6.07) is 13.2. The summed E-state index contributed by atoms with van der Waals surface area (Å²) in [5, 5.41) is 2.91. The molecule has 0 spiro atoms. The fraction of sp³-hybridized carbons (Fsp3) is 0.391. The van der Waals surface area contributed by atoms with E-state index in [4.69, 9.17) is 21.1 Å². The molecule has 1 saturated heterocycles. The van der Waals surface area contributed by atoms with Crippen LogP contribution in [-0.4, -0.2) is 57.5 Å². The number of nitrogens with one attached hydrogen (secondary N) is 1. The second-order valence-corrected chi connectivity index (χ2v) is 9.90. The van der Waals surface area contributed by atoms with Crippen molar-refractivity contribution in [1.29, 1.82) is 0 Å². The van der Waals surface area contributed by atoms with Crippen molar-refractivity contribution in [3.8, 4) is 0 Å². The summed E-state index contributed by atoms with van der Waals surface area (Å²) in [6.45, 7) is 2.57. The van der Waals surface area contributed by atoms with Gasteiger partial charge in [-0.3, -0.25) is 4.79 Å². The first-order valence-corrected chi connectivity index (χ1v) is 12.5. The molecule has 0 aliphatic carbocycles. The number of carbonyl (C=O) groups excluding carboxylic acids is 2. The molecule has 33 heavy (non-hydrogen) atoms. The molecule has 1 aliphatic rings. The van der Waals surface area contributed by atoms with Gasteiger partial charge in [-0.05, 0) is 30.2 Å². The molecule has 0 bridgehead atoms. The summed E-state index contributed by atoms with van der Waals surface area (Å²) in [7, 11) is -3.81. The van der Waals surface area contributed by atoms with Crippen LogP contribution in [0.3, 0.4) is 0 Å². The van der Waals surface area contributed by atoms with Gasteiger partial charge in [-0.2, -0.15) is 4.31 Å². The van der Waals surface area contributed by atoms with E-state index in [1.54, 1.807) is 0 Å². The van der Waals surface area contributed by atoms with Crippen molar-refractivity contribution < 1.29 is 27.5 Å². The number of hydrogen-bond acceptors (Lipinski definition) is 6. The number of morpholine rings is 1. The SMILES string of the molecule is CCCC(NC(=O)COC(=O)c1cc(S(=O)(=O)N2CCOCC2)ccc1Cl)c1ccccc1. The van der Waals surface area contributed by atoms with E-state index < -0.39 is 28.5 Å². The van der Waals surface area contributed by atoms with Crippen molar-refractivity contribution in [2.24, 2.45) is 0 Å². The van der Waals surface area contributed by atoms with Crippen LogP contribution < -0.4 is 5.32 Å². The van der Waals surface area contributed by atoms with Crippen molar-refractivity contribution >= 4 is 33.5 Å². The van der Waals surface area contributed by atoms with Gasteiger partial charge in [0.2, 0.25) is 10.0 Å². The Labute approximate surface area is 198 Å². The van der Waals surface area contributed by atoms with Gasteiger partial charge >= 0.3 is 5.97 Å². The van der Waals surface area contributed by atoms with Gasteiger partial charge in [-0.1, -0.05) is 55.3 Å². The first-order valence-electron chi connectivity index (χ1n) is 10.7. The first kappa shape index (κ1) is 25.2. The molecule has 1 N–H and O–H groups in total. The number of sulfonamides is 1. The highest BCUT2D eigenvalue weighted by atomic mass is 35.5. The van der Waals surface area contributed by atoms with Crippen LogP contribution in [-0.2, 0) is 24.3 Å². The predicted molar refractivity (Wildman–Crippen MR) is 124 cm³/mol. The maximum atomic E-state index is 12.9. The Bertz CT molecular complexity index is 1070. The lowest BCUT2D eigenvalue weighted by atomic mass is 10.0. The summed E-state index contributed by atoms with van der Waals surface area (Å²) >= 11 is 6.12. The molecule has 1 unspecified atom stereocenters. The molecule has 2 aromatic rings. The largest absolute Gasteiger partial charge is 0.452 e. The van der Waals surface area contributed by atoms with E-state index in [1.807, 2.05) is 37.3 Å². The number of esters is 1. The minimum atomic E-state index is -3.81. The van der Waals surface area contributed by atoms with Crippen LogP contribution in [0.4, 0.5) is 0 Å². The Morgan fingerprint density at radius 2 is 1.85 bits per heavy atom. The Morgan fingerprint density at radius 1 is 1.15 bits per heavy atom. The maximum absolute atomic E-state index is 12.9. The lowest BCUT2D eigenvalue weighted by Crippen LogP contribution is -2.40. The number of nitrogens with zero attached hydrogens (tertiary/aromatic N) is 1. The third-order valence-corrected chi connectivity index (χ3v) is 7.44. The molecule has 10 heteroatoms. The van der Waals surface area contributed by atoms with Crippen LogP contribution in [0.1, 0.15) is 41.7 Å². The molecule has 1 amide bonds. The average Bonchev–Trinajstić information content (AvgIpc) is 2.83. The standard InChI is InChI=1S/C23H27ClN2O6S/c1-2-6-21(17-7-4-3-5-8-17)25-22(27)16-32-23(28)19-15-18(9-10-20(19)24)33(29,30)26-11-13-31-14-12-26/h3-5,7-10,15,21H,2,6,11-14,16H2,1H3,(H,25,27). The van der Waals surface area contributed by atoms with E-state index >= 15 is 0 Å². The minimum Gasteiger partial charge on any atom is -0.452 e. The fourth-order valence-electron chi connectivity index (χ4n) is 3.50. The average molecular weight is 495 g/mol. The monoisotopic (exact) mass is 494 g/mol. The number of hydrogen-bond donors (Lipinski definition) is 1. The Hall–Kier alpha value is -2.46. The zero-order chi connectivity index (χ0) is 23.8. The molecular formula is C23H27ClN2O6S. The van der Waals surface area contributed by atoms with E-state index in [2.05, 4.69) is 5.32 Å². The number of ether oxygens (including phenoxy) is 2. The zero-order valence-corrected chi connectivity index (χ0v) is 19.9. The fourth-order valence-corrected chi connectivity index (χ4v) is 5.13. The van der Waals surface area contributed by atoms with Gasteiger partial charge in [0, 0.05) is 13.1 Å². The van der Waals surface area contributed by atoms with Gasteiger partial charge in [0.05, 0.1) is 34.7 Å². The molecular weight excluding hydrogens is 468 g/mol. The van der Waals surface area contributed by atoms with Crippen LogP contribution in [0.5, 0.6) is 0 Å². The van der Waals surface area contributed by atoms with E-state index in [9.17, 15) is 18.0 Å². The number of carbonyl (C=O) groups is 2. The van der Waals surface area contributed by atoms with Crippen LogP contribution >= 0.6 is 11.6 Å². The predicted octanol–water partition coefficient (Wildman–Crippen LogP) is 3.18. The van der Waals surface area contributed by atoms with Crippen LogP contribution in [0, 0.1) is 0 Å².